The van der Waals surface area contributed by atoms with Crippen molar-refractivity contribution in [3.8, 4) is 22.7 Å². The molecule has 0 saturated heterocycles. The van der Waals surface area contributed by atoms with Gasteiger partial charge in [-0.25, -0.2) is 9.48 Å². The third kappa shape index (κ3) is 5.75. The third-order valence-electron chi connectivity index (χ3n) is 4.55. The molecule has 31 heavy (non-hydrogen) atoms. The second-order valence-corrected chi connectivity index (χ2v) is 8.36. The van der Waals surface area contributed by atoms with Crippen molar-refractivity contribution in [1.29, 1.82) is 0 Å². The summed E-state index contributed by atoms with van der Waals surface area (Å²) >= 11 is 0. The highest BCUT2D eigenvalue weighted by molar-refractivity contribution is 5.70. The number of amides is 1. The van der Waals surface area contributed by atoms with Gasteiger partial charge in [-0.2, -0.15) is 5.10 Å². The molecule has 3 aromatic rings. The minimum Gasteiger partial charge on any atom is -0.497 e. The zero-order valence-corrected chi connectivity index (χ0v) is 18.7. The van der Waals surface area contributed by atoms with Crippen LogP contribution in [0.4, 0.5) is 4.79 Å². The smallest absolute Gasteiger partial charge is 0.407 e. The highest BCUT2D eigenvalue weighted by atomic mass is 16.6. The number of methoxy groups -OCH3 is 1. The molecular weight excluding hydrogens is 390 g/mol. The van der Waals surface area contributed by atoms with Crippen LogP contribution < -0.4 is 10.1 Å². The van der Waals surface area contributed by atoms with Gasteiger partial charge in [0.1, 0.15) is 11.4 Å². The van der Waals surface area contributed by atoms with Crippen molar-refractivity contribution >= 4 is 11.7 Å². The van der Waals surface area contributed by atoms with E-state index in [1.165, 1.54) is 0 Å². The second-order valence-electron chi connectivity index (χ2n) is 8.36. The Kier molecular flexibility index (Phi) is 6.49. The van der Waals surface area contributed by atoms with Gasteiger partial charge >= 0.3 is 6.09 Å². The van der Waals surface area contributed by atoms with Gasteiger partial charge in [-0.3, -0.25) is 0 Å². The van der Waals surface area contributed by atoms with E-state index in [2.05, 4.69) is 11.9 Å². The van der Waals surface area contributed by atoms with Gasteiger partial charge in [0.25, 0.3) is 0 Å². The second kappa shape index (κ2) is 9.08. The van der Waals surface area contributed by atoms with Gasteiger partial charge < -0.3 is 14.8 Å². The molecule has 6 heteroatoms. The maximum absolute atomic E-state index is 11.9. The van der Waals surface area contributed by atoms with Crippen molar-refractivity contribution < 1.29 is 14.3 Å². The van der Waals surface area contributed by atoms with E-state index in [4.69, 9.17) is 14.6 Å². The van der Waals surface area contributed by atoms with Crippen LogP contribution in [0.2, 0.25) is 0 Å². The molecule has 6 nitrogen and oxygen atoms in total. The van der Waals surface area contributed by atoms with E-state index >= 15 is 0 Å². The Hall–Kier alpha value is -3.54. The summed E-state index contributed by atoms with van der Waals surface area (Å²) in [6.07, 6.45) is -0.430. The first kappa shape index (κ1) is 22.2. The lowest BCUT2D eigenvalue weighted by Gasteiger charge is -2.19. The fourth-order valence-corrected chi connectivity index (χ4v) is 3.00. The molecule has 0 bridgehead atoms. The summed E-state index contributed by atoms with van der Waals surface area (Å²) in [5.41, 5.74) is 5.08. The van der Waals surface area contributed by atoms with E-state index in [1.807, 2.05) is 87.0 Å². The van der Waals surface area contributed by atoms with Crippen LogP contribution in [-0.4, -0.2) is 28.6 Å². The van der Waals surface area contributed by atoms with Gasteiger partial charge in [-0.05, 0) is 69.2 Å². The summed E-state index contributed by atoms with van der Waals surface area (Å²) in [6.45, 7) is 11.9. The number of ether oxygens (including phenoxy) is 2. The SMILES string of the molecule is C=C(C)c1cc(-c2ccc(CNC(=O)OC(C)(C)C)cc2)n(-c2ccc(OC)cc2)n1. The first-order chi connectivity index (χ1) is 14.7. The molecule has 1 heterocycles. The predicted octanol–water partition coefficient (Wildman–Crippen LogP) is 5.61. The number of hydrogen-bond acceptors (Lipinski definition) is 4. The molecule has 162 valence electrons. The van der Waals surface area contributed by atoms with E-state index in [1.54, 1.807) is 7.11 Å². The minimum atomic E-state index is -0.519. The van der Waals surface area contributed by atoms with Crippen LogP contribution in [0.5, 0.6) is 5.75 Å². The standard InChI is InChI=1S/C25H29N3O3/c1-17(2)22-15-23(28(27-22)20-11-13-21(30-6)14-12-20)19-9-7-18(8-10-19)16-26-24(29)31-25(3,4)5/h7-15H,1,16H2,2-6H3,(H,26,29). The monoisotopic (exact) mass is 419 g/mol. The highest BCUT2D eigenvalue weighted by Crippen LogP contribution is 2.27. The lowest BCUT2D eigenvalue weighted by molar-refractivity contribution is 0.0523. The molecule has 0 radical (unpaired) electrons. The van der Waals surface area contributed by atoms with Crippen LogP contribution in [0.3, 0.4) is 0 Å². The van der Waals surface area contributed by atoms with Gasteiger partial charge in [-0.1, -0.05) is 30.8 Å². The van der Waals surface area contributed by atoms with E-state index in [9.17, 15) is 4.79 Å². The van der Waals surface area contributed by atoms with Crippen molar-refractivity contribution in [3.63, 3.8) is 0 Å². The Morgan fingerprint density at radius 1 is 1.10 bits per heavy atom. The number of allylic oxidation sites excluding steroid dienone is 1. The van der Waals surface area contributed by atoms with Crippen LogP contribution in [0.25, 0.3) is 22.5 Å². The summed E-state index contributed by atoms with van der Waals surface area (Å²) in [7, 11) is 1.65. The van der Waals surface area contributed by atoms with Gasteiger partial charge in [0.15, 0.2) is 0 Å². The Balaban J connectivity index is 1.83. The molecule has 0 aliphatic carbocycles. The molecule has 0 spiro atoms. The Labute approximate surface area is 183 Å². The van der Waals surface area contributed by atoms with Crippen molar-refractivity contribution in [2.24, 2.45) is 0 Å². The minimum absolute atomic E-state index is 0.393. The van der Waals surface area contributed by atoms with Crippen LogP contribution in [0, 0.1) is 0 Å². The molecule has 1 N–H and O–H groups in total. The number of carbonyl (C=O) groups excluding carboxylic acids is 1. The summed E-state index contributed by atoms with van der Waals surface area (Å²) in [6, 6.07) is 17.8. The molecule has 0 atom stereocenters. The van der Waals surface area contributed by atoms with Crippen molar-refractivity contribution in [2.75, 3.05) is 7.11 Å². The van der Waals surface area contributed by atoms with Crippen LogP contribution in [0.1, 0.15) is 39.0 Å². The molecule has 1 aromatic heterocycles. The van der Waals surface area contributed by atoms with E-state index < -0.39 is 11.7 Å². The Bertz CT molecular complexity index is 1060. The average molecular weight is 420 g/mol. The van der Waals surface area contributed by atoms with Gasteiger partial charge in [0, 0.05) is 12.1 Å². The number of hydrogen-bond donors (Lipinski definition) is 1. The molecule has 3 rings (SSSR count). The average Bonchev–Trinajstić information content (AvgIpc) is 3.17. The Morgan fingerprint density at radius 3 is 2.29 bits per heavy atom. The van der Waals surface area contributed by atoms with E-state index in [-0.39, 0.29) is 0 Å². The molecule has 0 fully saturated rings. The number of carbonyl (C=O) groups is 1. The fourth-order valence-electron chi connectivity index (χ4n) is 3.00. The predicted molar refractivity (Wildman–Crippen MR) is 123 cm³/mol. The van der Waals surface area contributed by atoms with Crippen LogP contribution in [-0.2, 0) is 11.3 Å². The maximum Gasteiger partial charge on any atom is 0.407 e. The zero-order valence-electron chi connectivity index (χ0n) is 18.7. The number of benzene rings is 2. The Morgan fingerprint density at radius 2 is 1.74 bits per heavy atom. The van der Waals surface area contributed by atoms with Crippen molar-refractivity contribution in [1.82, 2.24) is 15.1 Å². The van der Waals surface area contributed by atoms with Crippen molar-refractivity contribution in [2.45, 2.75) is 39.8 Å². The van der Waals surface area contributed by atoms with Gasteiger partial charge in [0.05, 0.1) is 24.2 Å². The molecule has 2 aromatic carbocycles. The zero-order chi connectivity index (χ0) is 22.6. The van der Waals surface area contributed by atoms with E-state index in [0.717, 1.165) is 39.5 Å². The lowest BCUT2D eigenvalue weighted by Crippen LogP contribution is -2.32. The van der Waals surface area contributed by atoms with Crippen LogP contribution in [0.15, 0.2) is 61.2 Å². The van der Waals surface area contributed by atoms with Crippen LogP contribution >= 0.6 is 0 Å². The molecule has 0 saturated carbocycles. The molecular formula is C25H29N3O3. The first-order valence-electron chi connectivity index (χ1n) is 10.1. The summed E-state index contributed by atoms with van der Waals surface area (Å²) in [4.78, 5) is 11.9. The highest BCUT2D eigenvalue weighted by Gasteiger charge is 2.16. The summed E-state index contributed by atoms with van der Waals surface area (Å²) in [5.74, 6) is 0.791. The number of nitrogens with zero attached hydrogens (tertiary/aromatic N) is 2. The number of aromatic nitrogens is 2. The lowest BCUT2D eigenvalue weighted by atomic mass is 10.1. The summed E-state index contributed by atoms with van der Waals surface area (Å²) < 4.78 is 12.4. The van der Waals surface area contributed by atoms with Gasteiger partial charge in [-0.15, -0.1) is 0 Å². The maximum atomic E-state index is 11.9. The normalized spacial score (nSPS) is 11.1. The molecule has 1 amide bonds. The molecule has 0 aliphatic rings. The first-order valence-corrected chi connectivity index (χ1v) is 10.1. The van der Waals surface area contributed by atoms with Crippen molar-refractivity contribution in [3.05, 3.63) is 72.4 Å². The molecule has 0 aliphatic heterocycles. The fraction of sp³-hybridized carbons (Fsp3) is 0.280. The van der Waals surface area contributed by atoms with Gasteiger partial charge in [0.2, 0.25) is 0 Å². The quantitative estimate of drug-likeness (QED) is 0.564. The largest absolute Gasteiger partial charge is 0.497 e. The summed E-state index contributed by atoms with van der Waals surface area (Å²) in [5, 5.41) is 7.51. The third-order valence-corrected chi connectivity index (χ3v) is 4.55. The number of nitrogens with one attached hydrogen (secondary N) is 1. The topological polar surface area (TPSA) is 65.4 Å². The number of alkyl carbamates (subject to hydrolysis) is 1. The molecule has 0 unspecified atom stereocenters. The van der Waals surface area contributed by atoms with E-state index in [0.29, 0.717) is 6.54 Å². The number of rotatable bonds is 6.